The molecule has 0 saturated carbocycles. The number of aryl methyl sites for hydroxylation is 1. The molecule has 0 heterocycles. The van der Waals surface area contributed by atoms with E-state index in [0.29, 0.717) is 0 Å². The van der Waals surface area contributed by atoms with Crippen LogP contribution in [0.5, 0.6) is 5.75 Å². The standard InChI is InChI=1S/C19H30O3.Na/c1-2-3-4-5-6-7-8-9-10-11-12-16-13-14-17(19(21)22)15-18(16)20;/h13-15,20H,2-12H2,1H3,(H,21,22);/q;+1/p-1. The number of hydrogen-bond acceptors (Lipinski definition) is 2. The van der Waals surface area contributed by atoms with Gasteiger partial charge in [-0.25, -0.2) is 4.79 Å². The molecule has 0 aliphatic rings. The number of carbonyl (C=O) groups is 1. The van der Waals surface area contributed by atoms with E-state index in [2.05, 4.69) is 6.92 Å². The van der Waals surface area contributed by atoms with Crippen LogP contribution in [0.3, 0.4) is 0 Å². The Hall–Kier alpha value is -0.510. The van der Waals surface area contributed by atoms with Gasteiger partial charge in [-0.3, -0.25) is 0 Å². The predicted octanol–water partition coefficient (Wildman–Crippen LogP) is 1.93. The zero-order valence-electron chi connectivity index (χ0n) is 14.8. The topological polar surface area (TPSA) is 60.4 Å². The van der Waals surface area contributed by atoms with Crippen molar-refractivity contribution in [1.29, 1.82) is 0 Å². The average molecular weight is 328 g/mol. The summed E-state index contributed by atoms with van der Waals surface area (Å²) in [6.45, 7) is 2.24. The number of benzene rings is 1. The molecule has 1 rings (SSSR count). The van der Waals surface area contributed by atoms with Crippen LogP contribution < -0.4 is 34.7 Å². The zero-order chi connectivity index (χ0) is 16.2. The molecule has 0 fully saturated rings. The van der Waals surface area contributed by atoms with Gasteiger partial charge in [0.05, 0.1) is 5.56 Å². The molecule has 0 unspecified atom stereocenters. The van der Waals surface area contributed by atoms with Crippen molar-refractivity contribution < 1.29 is 44.6 Å². The summed E-state index contributed by atoms with van der Waals surface area (Å²) in [5, 5.41) is 20.6. The van der Waals surface area contributed by atoms with Gasteiger partial charge in [0.2, 0.25) is 0 Å². The number of hydrogen-bond donors (Lipinski definition) is 1. The maximum atomic E-state index is 11.8. The first-order valence-electron chi connectivity index (χ1n) is 8.68. The molecule has 0 atom stereocenters. The van der Waals surface area contributed by atoms with Gasteiger partial charge in [0.1, 0.15) is 0 Å². The SMILES string of the molecule is CCCCCCCCCCCCc1ccc(C(=O)O)cc1[O-].[Na+]. The van der Waals surface area contributed by atoms with Crippen molar-refractivity contribution in [1.82, 2.24) is 0 Å². The van der Waals surface area contributed by atoms with Gasteiger partial charge in [-0.1, -0.05) is 82.4 Å². The maximum absolute atomic E-state index is 11.8. The molecule has 0 saturated heterocycles. The fourth-order valence-corrected chi connectivity index (χ4v) is 2.70. The van der Waals surface area contributed by atoms with Gasteiger partial charge in [0.15, 0.2) is 0 Å². The van der Waals surface area contributed by atoms with Crippen molar-refractivity contribution in [3.05, 3.63) is 29.3 Å². The molecule has 1 N–H and O–H groups in total. The molecule has 4 heteroatoms. The van der Waals surface area contributed by atoms with Gasteiger partial charge in [-0.05, 0) is 18.9 Å². The molecular formula is C19H29NaO3. The largest absolute Gasteiger partial charge is 1.00 e. The van der Waals surface area contributed by atoms with E-state index in [-0.39, 0.29) is 40.9 Å². The van der Waals surface area contributed by atoms with Crippen molar-refractivity contribution in [3.8, 4) is 5.75 Å². The van der Waals surface area contributed by atoms with Crippen LogP contribution in [0.2, 0.25) is 0 Å². The van der Waals surface area contributed by atoms with Crippen molar-refractivity contribution in [2.24, 2.45) is 0 Å². The van der Waals surface area contributed by atoms with E-state index in [1.54, 1.807) is 6.07 Å². The first kappa shape index (κ1) is 22.5. The van der Waals surface area contributed by atoms with E-state index in [0.717, 1.165) is 24.8 Å². The van der Waals surface area contributed by atoms with Crippen LogP contribution in [0, 0.1) is 0 Å². The summed E-state index contributed by atoms with van der Waals surface area (Å²) in [7, 11) is 0. The molecule has 0 aromatic heterocycles. The summed E-state index contributed by atoms with van der Waals surface area (Å²) in [4.78, 5) is 10.8. The molecule has 0 bridgehead atoms. The summed E-state index contributed by atoms with van der Waals surface area (Å²) in [6, 6.07) is 4.42. The van der Waals surface area contributed by atoms with Crippen LogP contribution >= 0.6 is 0 Å². The van der Waals surface area contributed by atoms with Crippen LogP contribution in [0.1, 0.15) is 87.1 Å². The molecule has 23 heavy (non-hydrogen) atoms. The number of carboxylic acids is 1. The third kappa shape index (κ3) is 10.1. The molecular weight excluding hydrogens is 299 g/mol. The van der Waals surface area contributed by atoms with Crippen molar-refractivity contribution >= 4 is 5.97 Å². The predicted molar refractivity (Wildman–Crippen MR) is 88.4 cm³/mol. The van der Waals surface area contributed by atoms with Crippen LogP contribution in [-0.4, -0.2) is 11.1 Å². The third-order valence-corrected chi connectivity index (χ3v) is 4.11. The van der Waals surface area contributed by atoms with E-state index in [4.69, 9.17) is 5.11 Å². The van der Waals surface area contributed by atoms with E-state index in [1.807, 2.05) is 0 Å². The minimum absolute atomic E-state index is 0. The molecule has 1 aromatic rings. The average Bonchev–Trinajstić information content (AvgIpc) is 2.50. The fraction of sp³-hybridized carbons (Fsp3) is 0.632. The second-order valence-corrected chi connectivity index (χ2v) is 6.06. The van der Waals surface area contributed by atoms with Crippen molar-refractivity contribution in [2.45, 2.75) is 77.6 Å². The van der Waals surface area contributed by atoms with Gasteiger partial charge < -0.3 is 10.2 Å². The van der Waals surface area contributed by atoms with Crippen LogP contribution in [-0.2, 0) is 6.42 Å². The molecule has 0 radical (unpaired) electrons. The Kier molecular flexibility index (Phi) is 13.6. The Labute approximate surface area is 162 Å². The Balaban J connectivity index is 0.00000484. The normalized spacial score (nSPS) is 10.3. The zero-order valence-corrected chi connectivity index (χ0v) is 16.8. The molecule has 0 amide bonds. The first-order chi connectivity index (χ1) is 10.6. The fourth-order valence-electron chi connectivity index (χ4n) is 2.70. The maximum Gasteiger partial charge on any atom is 1.00 e. The van der Waals surface area contributed by atoms with Gasteiger partial charge in [0, 0.05) is 0 Å². The minimum atomic E-state index is -1.04. The number of carboxylic acid groups (broad SMARTS) is 1. The van der Waals surface area contributed by atoms with E-state index in [9.17, 15) is 9.90 Å². The Morgan fingerprint density at radius 2 is 1.48 bits per heavy atom. The quantitative estimate of drug-likeness (QED) is 0.471. The van der Waals surface area contributed by atoms with Crippen molar-refractivity contribution in [2.75, 3.05) is 0 Å². The molecule has 3 nitrogen and oxygen atoms in total. The third-order valence-electron chi connectivity index (χ3n) is 4.11. The van der Waals surface area contributed by atoms with E-state index >= 15 is 0 Å². The second-order valence-electron chi connectivity index (χ2n) is 6.06. The van der Waals surface area contributed by atoms with E-state index < -0.39 is 5.97 Å². The summed E-state index contributed by atoms with van der Waals surface area (Å²) in [6.07, 6.45) is 13.5. The molecule has 0 aliphatic heterocycles. The molecule has 1 aromatic carbocycles. The second kappa shape index (κ2) is 13.9. The summed E-state index contributed by atoms with van der Waals surface area (Å²) >= 11 is 0. The smallest absolute Gasteiger partial charge is 0.872 e. The van der Waals surface area contributed by atoms with Crippen LogP contribution in [0.15, 0.2) is 18.2 Å². The van der Waals surface area contributed by atoms with E-state index in [1.165, 1.54) is 63.5 Å². The Morgan fingerprint density at radius 3 is 1.96 bits per heavy atom. The number of rotatable bonds is 12. The van der Waals surface area contributed by atoms with Crippen LogP contribution in [0.4, 0.5) is 0 Å². The summed E-state index contributed by atoms with van der Waals surface area (Å²) < 4.78 is 0. The number of unbranched alkanes of at least 4 members (excludes halogenated alkanes) is 9. The minimum Gasteiger partial charge on any atom is -0.872 e. The first-order valence-corrected chi connectivity index (χ1v) is 8.68. The molecule has 0 spiro atoms. The summed E-state index contributed by atoms with van der Waals surface area (Å²) in [5.74, 6) is -1.18. The van der Waals surface area contributed by atoms with Gasteiger partial charge >= 0.3 is 35.5 Å². The van der Waals surface area contributed by atoms with Gasteiger partial charge in [-0.15, -0.1) is 5.75 Å². The van der Waals surface area contributed by atoms with Crippen molar-refractivity contribution in [3.63, 3.8) is 0 Å². The Morgan fingerprint density at radius 1 is 0.957 bits per heavy atom. The van der Waals surface area contributed by atoms with Crippen LogP contribution in [0.25, 0.3) is 0 Å². The Bertz CT molecular complexity index is 446. The monoisotopic (exact) mass is 328 g/mol. The molecule has 124 valence electrons. The number of aromatic carboxylic acids is 1. The summed E-state index contributed by atoms with van der Waals surface area (Å²) in [5.41, 5.74) is 0.821. The molecule has 0 aliphatic carbocycles. The van der Waals surface area contributed by atoms with Gasteiger partial charge in [-0.2, -0.15) is 0 Å². The van der Waals surface area contributed by atoms with Gasteiger partial charge in [0.25, 0.3) is 0 Å².